The number of nitriles is 1. The Kier molecular flexibility index (Phi) is 7.49. The minimum atomic E-state index is -0.371. The normalized spacial score (nSPS) is 27.2. The van der Waals surface area contributed by atoms with Gasteiger partial charge in [0.1, 0.15) is 5.75 Å². The number of fused-ring (bicyclic) bond motifs is 5. The van der Waals surface area contributed by atoms with Crippen molar-refractivity contribution in [2.24, 2.45) is 0 Å². The summed E-state index contributed by atoms with van der Waals surface area (Å²) in [6, 6.07) is 16.3. The molecule has 3 aliphatic rings. The van der Waals surface area contributed by atoms with Crippen molar-refractivity contribution >= 4 is 11.8 Å². The minimum Gasteiger partial charge on any atom is -0.493 e. The largest absolute Gasteiger partial charge is 0.493 e. The molecule has 0 aromatic heterocycles. The average molecular weight is 489 g/mol. The smallest absolute Gasteiger partial charge is 0.255 e. The van der Waals surface area contributed by atoms with Crippen LogP contribution in [0.15, 0.2) is 48.5 Å². The van der Waals surface area contributed by atoms with E-state index in [0.29, 0.717) is 49.5 Å². The second kappa shape index (κ2) is 11.1. The van der Waals surface area contributed by atoms with Gasteiger partial charge in [-0.25, -0.2) is 0 Å². The summed E-state index contributed by atoms with van der Waals surface area (Å²) < 4.78 is 12.3. The van der Waals surface area contributed by atoms with Gasteiger partial charge in [0.15, 0.2) is 0 Å². The number of benzene rings is 2. The Morgan fingerprint density at radius 1 is 1.03 bits per heavy atom. The molecule has 0 radical (unpaired) electrons. The number of carbonyl (C=O) groups excluding carboxylic acids is 2. The van der Waals surface area contributed by atoms with Crippen molar-refractivity contribution in [1.82, 2.24) is 15.5 Å². The number of hydrogen-bond acceptors (Lipinski definition) is 6. The molecule has 2 aromatic rings. The standard InChI is InChI=1S/C28H32N4O4/c29-15-19-8-10-20(11-9-19)17-32-18-21-14-25(32)28(34)30-16-23-5-3-4-22(36-23)12-13-35-26-7-2-1-6-24(26)27(33)31-21/h1-2,6-11,21-23,25H,3-5,12-14,16-18H2,(H,30,34)(H,31,33)/t21-,22-,23-,25-/m0/s1. The number of amides is 2. The molecule has 3 heterocycles. The number of hydrogen-bond donors (Lipinski definition) is 2. The topological polar surface area (TPSA) is 104 Å². The first-order valence-corrected chi connectivity index (χ1v) is 12.8. The summed E-state index contributed by atoms with van der Waals surface area (Å²) in [6.07, 6.45) is 4.29. The molecule has 0 saturated carbocycles. The van der Waals surface area contributed by atoms with E-state index in [1.165, 1.54) is 0 Å². The lowest BCUT2D eigenvalue weighted by atomic mass is 10.0. The van der Waals surface area contributed by atoms with Gasteiger partial charge in [0.05, 0.1) is 42.1 Å². The van der Waals surface area contributed by atoms with Crippen LogP contribution < -0.4 is 15.4 Å². The molecule has 0 spiro atoms. The Bertz CT molecular complexity index is 1130. The lowest BCUT2D eigenvalue weighted by molar-refractivity contribution is -0.127. The van der Waals surface area contributed by atoms with E-state index in [2.05, 4.69) is 21.6 Å². The molecule has 2 aromatic carbocycles. The fourth-order valence-electron chi connectivity index (χ4n) is 5.39. The molecule has 3 aliphatic heterocycles. The maximum absolute atomic E-state index is 13.3. The van der Waals surface area contributed by atoms with Gasteiger partial charge in [-0.1, -0.05) is 24.3 Å². The van der Waals surface area contributed by atoms with Crippen LogP contribution in [0.3, 0.4) is 0 Å². The molecular weight excluding hydrogens is 456 g/mol. The lowest BCUT2D eigenvalue weighted by Crippen LogP contribution is -2.46. The lowest BCUT2D eigenvalue weighted by Gasteiger charge is -2.31. The Morgan fingerprint density at radius 3 is 2.67 bits per heavy atom. The highest BCUT2D eigenvalue weighted by Gasteiger charge is 2.38. The van der Waals surface area contributed by atoms with Crippen LogP contribution in [-0.4, -0.2) is 60.7 Å². The first-order valence-electron chi connectivity index (χ1n) is 12.8. The highest BCUT2D eigenvalue weighted by molar-refractivity contribution is 5.97. The Labute approximate surface area is 211 Å². The van der Waals surface area contributed by atoms with Gasteiger partial charge in [0.25, 0.3) is 5.91 Å². The molecule has 4 bridgehead atoms. The van der Waals surface area contributed by atoms with Crippen molar-refractivity contribution in [3.05, 3.63) is 65.2 Å². The third-order valence-corrected chi connectivity index (χ3v) is 7.28. The molecule has 2 amide bonds. The van der Waals surface area contributed by atoms with Crippen LogP contribution in [0.5, 0.6) is 5.75 Å². The Hall–Kier alpha value is -3.41. The van der Waals surface area contributed by atoms with Crippen molar-refractivity contribution in [3.8, 4) is 11.8 Å². The van der Waals surface area contributed by atoms with Crippen molar-refractivity contribution in [2.45, 2.75) is 62.9 Å². The zero-order valence-electron chi connectivity index (χ0n) is 20.3. The third-order valence-electron chi connectivity index (χ3n) is 7.28. The molecule has 188 valence electrons. The first-order chi connectivity index (χ1) is 17.6. The molecule has 2 fully saturated rings. The van der Waals surface area contributed by atoms with E-state index in [9.17, 15) is 9.59 Å². The second-order valence-electron chi connectivity index (χ2n) is 9.85. The predicted molar refractivity (Wildman–Crippen MR) is 133 cm³/mol. The van der Waals surface area contributed by atoms with Gasteiger partial charge in [-0.15, -0.1) is 0 Å². The summed E-state index contributed by atoms with van der Waals surface area (Å²) in [5.41, 5.74) is 2.11. The number of rotatable bonds is 2. The maximum atomic E-state index is 13.3. The Morgan fingerprint density at radius 2 is 1.83 bits per heavy atom. The fraction of sp³-hybridized carbons (Fsp3) is 0.464. The van der Waals surface area contributed by atoms with E-state index in [1.54, 1.807) is 18.2 Å². The van der Waals surface area contributed by atoms with Crippen LogP contribution >= 0.6 is 0 Å². The monoisotopic (exact) mass is 488 g/mol. The zero-order chi connectivity index (χ0) is 24.9. The average Bonchev–Trinajstić information content (AvgIpc) is 3.29. The van der Waals surface area contributed by atoms with Crippen LogP contribution in [0.25, 0.3) is 0 Å². The van der Waals surface area contributed by atoms with Crippen molar-refractivity contribution in [2.75, 3.05) is 19.7 Å². The Balaban J connectivity index is 1.38. The van der Waals surface area contributed by atoms with Crippen molar-refractivity contribution in [1.29, 1.82) is 5.26 Å². The number of nitrogens with one attached hydrogen (secondary N) is 2. The molecule has 4 atom stereocenters. The molecule has 0 unspecified atom stereocenters. The van der Waals surface area contributed by atoms with E-state index in [1.807, 2.05) is 30.3 Å². The SMILES string of the molecule is N#Cc1ccc(CN2C[C@@H]3C[C@H]2C(=O)NC[C@@H]2CCC[C@@H](CCOc4ccccc4C(=O)N3)O2)cc1. The second-order valence-corrected chi connectivity index (χ2v) is 9.85. The first kappa shape index (κ1) is 24.3. The van der Waals surface area contributed by atoms with Crippen LogP contribution in [0.4, 0.5) is 0 Å². The fourth-order valence-corrected chi connectivity index (χ4v) is 5.39. The molecule has 8 nitrogen and oxygen atoms in total. The van der Waals surface area contributed by atoms with Gasteiger partial charge >= 0.3 is 0 Å². The van der Waals surface area contributed by atoms with E-state index in [-0.39, 0.29) is 36.1 Å². The number of likely N-dealkylation sites (tertiary alicyclic amines) is 1. The number of para-hydroxylation sites is 1. The van der Waals surface area contributed by atoms with Crippen LogP contribution in [0, 0.1) is 11.3 Å². The molecule has 2 N–H and O–H groups in total. The zero-order valence-corrected chi connectivity index (χ0v) is 20.3. The number of carbonyl (C=O) groups is 2. The van der Waals surface area contributed by atoms with E-state index >= 15 is 0 Å². The quantitative estimate of drug-likeness (QED) is 0.674. The van der Waals surface area contributed by atoms with Crippen LogP contribution in [-0.2, 0) is 16.1 Å². The van der Waals surface area contributed by atoms with E-state index in [4.69, 9.17) is 14.7 Å². The molecule has 2 saturated heterocycles. The van der Waals surface area contributed by atoms with Gasteiger partial charge in [-0.2, -0.15) is 5.26 Å². The molecule has 36 heavy (non-hydrogen) atoms. The molecule has 0 aliphatic carbocycles. The number of nitrogens with zero attached hydrogens (tertiary/aromatic N) is 2. The van der Waals surface area contributed by atoms with Crippen LogP contribution in [0.1, 0.15) is 53.6 Å². The molecule has 5 rings (SSSR count). The van der Waals surface area contributed by atoms with Gasteiger partial charge in [-0.05, 0) is 55.5 Å². The summed E-state index contributed by atoms with van der Waals surface area (Å²) in [5, 5.41) is 15.3. The van der Waals surface area contributed by atoms with E-state index < -0.39 is 0 Å². The third kappa shape index (κ3) is 5.69. The highest BCUT2D eigenvalue weighted by Crippen LogP contribution is 2.26. The molecular formula is C28H32N4O4. The van der Waals surface area contributed by atoms with Gasteiger partial charge in [-0.3, -0.25) is 14.5 Å². The summed E-state index contributed by atoms with van der Waals surface area (Å²) in [6.45, 7) is 2.06. The summed E-state index contributed by atoms with van der Waals surface area (Å²) in [7, 11) is 0. The minimum absolute atomic E-state index is 0.00299. The van der Waals surface area contributed by atoms with Gasteiger partial charge in [0.2, 0.25) is 5.91 Å². The highest BCUT2D eigenvalue weighted by atomic mass is 16.5. The van der Waals surface area contributed by atoms with Gasteiger partial charge in [0, 0.05) is 32.1 Å². The molecule has 8 heteroatoms. The predicted octanol–water partition coefficient (Wildman–Crippen LogP) is 2.77. The van der Waals surface area contributed by atoms with Crippen LogP contribution in [0.2, 0.25) is 0 Å². The van der Waals surface area contributed by atoms with Crippen molar-refractivity contribution in [3.63, 3.8) is 0 Å². The number of ether oxygens (including phenoxy) is 2. The van der Waals surface area contributed by atoms with Crippen molar-refractivity contribution < 1.29 is 19.1 Å². The van der Waals surface area contributed by atoms with Gasteiger partial charge < -0.3 is 20.1 Å². The van der Waals surface area contributed by atoms with E-state index in [0.717, 1.165) is 31.2 Å². The summed E-state index contributed by atoms with van der Waals surface area (Å²) in [4.78, 5) is 28.6. The summed E-state index contributed by atoms with van der Waals surface area (Å²) in [5.74, 6) is 0.328. The maximum Gasteiger partial charge on any atom is 0.255 e. The summed E-state index contributed by atoms with van der Waals surface area (Å²) >= 11 is 0.